The van der Waals surface area contributed by atoms with Crippen LogP contribution in [0.25, 0.3) is 16.8 Å². The number of carbonyl (C=O) groups is 1. The maximum Gasteiger partial charge on any atom is 0.357 e. The van der Waals surface area contributed by atoms with Crippen LogP contribution in [0.1, 0.15) is 53.1 Å². The quantitative estimate of drug-likeness (QED) is 0.529. The number of hydrogen-bond donors (Lipinski definition) is 0. The van der Waals surface area contributed by atoms with Crippen molar-refractivity contribution in [1.82, 2.24) is 14.4 Å². The number of nitrogens with zero attached hydrogens (tertiary/aromatic N) is 3. The molecule has 0 aromatic carbocycles. The molecule has 3 aromatic rings. The Labute approximate surface area is 192 Å². The molecule has 0 amide bonds. The first-order valence-electron chi connectivity index (χ1n) is 11.4. The van der Waals surface area contributed by atoms with Crippen LogP contribution in [0, 0.1) is 6.92 Å². The first kappa shape index (κ1) is 22.0. The van der Waals surface area contributed by atoms with Gasteiger partial charge in [0.2, 0.25) is 0 Å². The molecule has 2 fully saturated rings. The average molecular weight is 452 g/mol. The Bertz CT molecular complexity index is 1180. The summed E-state index contributed by atoms with van der Waals surface area (Å²) in [6.45, 7) is 6.68. The summed E-state index contributed by atoms with van der Waals surface area (Å²) >= 11 is 0. The van der Waals surface area contributed by atoms with E-state index < -0.39 is 11.6 Å². The molecule has 1 unspecified atom stereocenters. The van der Waals surface area contributed by atoms with E-state index in [2.05, 4.69) is 30.1 Å². The fourth-order valence-electron chi connectivity index (χ4n) is 4.78. The second-order valence-electron chi connectivity index (χ2n) is 8.71. The fraction of sp³-hybridized carbons (Fsp3) is 0.480. The molecular formula is C25H29N3O5. The number of pyridine rings is 1. The van der Waals surface area contributed by atoms with Gasteiger partial charge in [0, 0.05) is 43.9 Å². The minimum atomic E-state index is -0.546. The van der Waals surface area contributed by atoms with Gasteiger partial charge in [0.05, 0.1) is 36.7 Å². The van der Waals surface area contributed by atoms with Crippen LogP contribution < -0.4 is 0 Å². The summed E-state index contributed by atoms with van der Waals surface area (Å²) < 4.78 is 24.4. The van der Waals surface area contributed by atoms with Gasteiger partial charge in [0.1, 0.15) is 11.9 Å². The zero-order chi connectivity index (χ0) is 23.0. The van der Waals surface area contributed by atoms with Crippen molar-refractivity contribution in [3.8, 4) is 11.3 Å². The van der Waals surface area contributed by atoms with Crippen molar-refractivity contribution in [2.45, 2.75) is 38.2 Å². The molecule has 174 valence electrons. The van der Waals surface area contributed by atoms with E-state index in [1.165, 1.54) is 0 Å². The maximum absolute atomic E-state index is 12.4. The molecular weight excluding hydrogens is 422 g/mol. The van der Waals surface area contributed by atoms with Gasteiger partial charge in [-0.05, 0) is 50.1 Å². The summed E-state index contributed by atoms with van der Waals surface area (Å²) in [6, 6.07) is 8.08. The molecule has 8 nitrogen and oxygen atoms in total. The molecule has 2 atom stereocenters. The van der Waals surface area contributed by atoms with Gasteiger partial charge in [-0.1, -0.05) is 0 Å². The van der Waals surface area contributed by atoms with Crippen molar-refractivity contribution in [3.05, 3.63) is 53.2 Å². The standard InChI is InChI=1S/C25H29N3O5/c1-4-33-24(29)20-12-22-18(11-21(28(22)15-26-20)17-5-7-31-13-17)19-9-16(2)10-23(27-19)25(30-3)6-8-32-14-25/h9-12,15,17H,4-8,13-14H2,1-3H3/t17?,25-/m1/s1. The summed E-state index contributed by atoms with van der Waals surface area (Å²) in [5, 5.41) is 0. The van der Waals surface area contributed by atoms with E-state index in [0.717, 1.165) is 53.2 Å². The number of rotatable bonds is 6. The lowest BCUT2D eigenvalue weighted by molar-refractivity contribution is -0.0245. The van der Waals surface area contributed by atoms with Crippen LogP contribution in [-0.2, 0) is 24.5 Å². The Morgan fingerprint density at radius 3 is 2.82 bits per heavy atom. The molecule has 0 N–H and O–H groups in total. The van der Waals surface area contributed by atoms with Crippen LogP contribution in [0.5, 0.6) is 0 Å². The van der Waals surface area contributed by atoms with E-state index in [1.54, 1.807) is 26.4 Å². The van der Waals surface area contributed by atoms with Gasteiger partial charge < -0.3 is 23.3 Å². The molecule has 2 saturated heterocycles. The summed E-state index contributed by atoms with van der Waals surface area (Å²) in [5.74, 6) is -0.170. The first-order valence-corrected chi connectivity index (χ1v) is 11.4. The zero-order valence-corrected chi connectivity index (χ0v) is 19.3. The molecule has 0 aliphatic carbocycles. The van der Waals surface area contributed by atoms with Crippen molar-refractivity contribution in [3.63, 3.8) is 0 Å². The molecule has 0 saturated carbocycles. The van der Waals surface area contributed by atoms with E-state index in [1.807, 2.05) is 4.40 Å². The predicted octanol–water partition coefficient (Wildman–Crippen LogP) is 3.65. The Hall–Kier alpha value is -2.81. The number of aromatic nitrogens is 3. The number of esters is 1. The fourth-order valence-corrected chi connectivity index (χ4v) is 4.78. The molecule has 2 aliphatic heterocycles. The second-order valence-corrected chi connectivity index (χ2v) is 8.71. The van der Waals surface area contributed by atoms with E-state index >= 15 is 0 Å². The van der Waals surface area contributed by atoms with Crippen LogP contribution in [0.4, 0.5) is 0 Å². The van der Waals surface area contributed by atoms with E-state index in [0.29, 0.717) is 26.4 Å². The van der Waals surface area contributed by atoms with Crippen LogP contribution in [0.15, 0.2) is 30.6 Å². The third-order valence-corrected chi connectivity index (χ3v) is 6.61. The summed E-state index contributed by atoms with van der Waals surface area (Å²) in [6.07, 6.45) is 3.41. The van der Waals surface area contributed by atoms with E-state index in [9.17, 15) is 4.79 Å². The molecule has 0 radical (unpaired) electrons. The molecule has 8 heteroatoms. The lowest BCUT2D eigenvalue weighted by atomic mass is 9.95. The number of aryl methyl sites for hydroxylation is 1. The molecule has 0 spiro atoms. The lowest BCUT2D eigenvalue weighted by Gasteiger charge is -2.26. The van der Waals surface area contributed by atoms with Crippen molar-refractivity contribution in [2.24, 2.45) is 0 Å². The van der Waals surface area contributed by atoms with Crippen LogP contribution in [-0.4, -0.2) is 60.5 Å². The molecule has 5 rings (SSSR count). The zero-order valence-electron chi connectivity index (χ0n) is 19.3. The number of fused-ring (bicyclic) bond motifs is 1. The Morgan fingerprint density at radius 2 is 2.12 bits per heavy atom. The lowest BCUT2D eigenvalue weighted by Crippen LogP contribution is -2.30. The molecule has 3 aromatic heterocycles. The SMILES string of the molecule is CCOC(=O)c1cc2c(-c3cc(C)cc([C@@]4(OC)CCOC4)n3)cc(C3CCOC3)n2cn1. The smallest absolute Gasteiger partial charge is 0.357 e. The van der Waals surface area contributed by atoms with Gasteiger partial charge >= 0.3 is 5.97 Å². The highest BCUT2D eigenvalue weighted by Crippen LogP contribution is 2.37. The Morgan fingerprint density at radius 1 is 1.24 bits per heavy atom. The van der Waals surface area contributed by atoms with Crippen LogP contribution >= 0.6 is 0 Å². The molecule has 2 aliphatic rings. The Balaban J connectivity index is 1.68. The van der Waals surface area contributed by atoms with E-state index in [4.69, 9.17) is 23.9 Å². The topological polar surface area (TPSA) is 84.2 Å². The predicted molar refractivity (Wildman–Crippen MR) is 121 cm³/mol. The van der Waals surface area contributed by atoms with Crippen molar-refractivity contribution < 1.29 is 23.7 Å². The summed E-state index contributed by atoms with van der Waals surface area (Å²) in [4.78, 5) is 21.8. The number of carbonyl (C=O) groups excluding carboxylic acids is 1. The third kappa shape index (κ3) is 3.92. The molecule has 0 bridgehead atoms. The normalized spacial score (nSPS) is 22.8. The monoisotopic (exact) mass is 451 g/mol. The highest BCUT2D eigenvalue weighted by molar-refractivity contribution is 5.91. The van der Waals surface area contributed by atoms with Gasteiger partial charge in [-0.3, -0.25) is 0 Å². The molecule has 33 heavy (non-hydrogen) atoms. The number of methoxy groups -OCH3 is 1. The number of hydrogen-bond acceptors (Lipinski definition) is 7. The van der Waals surface area contributed by atoms with Crippen molar-refractivity contribution in [2.75, 3.05) is 40.1 Å². The summed E-state index contributed by atoms with van der Waals surface area (Å²) in [7, 11) is 1.71. The molecule has 5 heterocycles. The van der Waals surface area contributed by atoms with Gasteiger partial charge in [-0.15, -0.1) is 0 Å². The highest BCUT2D eigenvalue weighted by atomic mass is 16.6. The number of ether oxygens (including phenoxy) is 4. The average Bonchev–Trinajstić information content (AvgIpc) is 3.58. The Kier molecular flexibility index (Phi) is 5.90. The first-order chi connectivity index (χ1) is 16.0. The minimum absolute atomic E-state index is 0.263. The van der Waals surface area contributed by atoms with Gasteiger partial charge in [-0.25, -0.2) is 14.8 Å². The van der Waals surface area contributed by atoms with Gasteiger partial charge in [0.15, 0.2) is 5.69 Å². The van der Waals surface area contributed by atoms with Crippen molar-refractivity contribution >= 4 is 11.5 Å². The highest BCUT2D eigenvalue weighted by Gasteiger charge is 2.39. The van der Waals surface area contributed by atoms with Gasteiger partial charge in [0.25, 0.3) is 0 Å². The summed E-state index contributed by atoms with van der Waals surface area (Å²) in [5.41, 5.74) is 5.44. The third-order valence-electron chi connectivity index (χ3n) is 6.61. The largest absolute Gasteiger partial charge is 0.461 e. The second kappa shape index (κ2) is 8.85. The van der Waals surface area contributed by atoms with Crippen LogP contribution in [0.2, 0.25) is 0 Å². The van der Waals surface area contributed by atoms with E-state index in [-0.39, 0.29) is 11.6 Å². The van der Waals surface area contributed by atoms with Crippen molar-refractivity contribution in [1.29, 1.82) is 0 Å². The van der Waals surface area contributed by atoms with Crippen LogP contribution in [0.3, 0.4) is 0 Å². The van der Waals surface area contributed by atoms with Gasteiger partial charge in [-0.2, -0.15) is 0 Å². The minimum Gasteiger partial charge on any atom is -0.461 e. The maximum atomic E-state index is 12.4.